The normalized spacial score (nSPS) is 18.4. The van der Waals surface area contributed by atoms with E-state index in [9.17, 15) is 13.2 Å². The maximum absolute atomic E-state index is 11.5. The van der Waals surface area contributed by atoms with Crippen LogP contribution in [0.3, 0.4) is 0 Å². The van der Waals surface area contributed by atoms with Gasteiger partial charge in [-0.05, 0) is 19.8 Å². The van der Waals surface area contributed by atoms with Gasteiger partial charge < -0.3 is 5.32 Å². The van der Waals surface area contributed by atoms with Gasteiger partial charge in [0.1, 0.15) is 9.84 Å². The van der Waals surface area contributed by atoms with E-state index in [1.165, 1.54) is 6.20 Å². The van der Waals surface area contributed by atoms with Gasteiger partial charge in [0.25, 0.3) is 0 Å². The molecule has 7 nitrogen and oxygen atoms in total. The molecule has 0 unspecified atom stereocenters. The van der Waals surface area contributed by atoms with Gasteiger partial charge in [-0.25, -0.2) is 18.1 Å². The molecule has 0 amide bonds. The van der Waals surface area contributed by atoms with Crippen LogP contribution in [0.4, 0.5) is 5.69 Å². The molecule has 1 aliphatic rings. The summed E-state index contributed by atoms with van der Waals surface area (Å²) in [4.78, 5) is 15.6. The zero-order valence-corrected chi connectivity index (χ0v) is 13.1. The molecular weight excluding hydrogens is 304 g/mol. The van der Waals surface area contributed by atoms with Crippen LogP contribution in [0, 0.1) is 0 Å². The van der Waals surface area contributed by atoms with E-state index in [1.807, 2.05) is 6.92 Å². The molecule has 0 atom stereocenters. The van der Waals surface area contributed by atoms with Crippen LogP contribution in [-0.4, -0.2) is 47.0 Å². The van der Waals surface area contributed by atoms with Crippen molar-refractivity contribution in [2.24, 2.45) is 0 Å². The summed E-state index contributed by atoms with van der Waals surface area (Å²) in [6.45, 7) is 2.67. The molecule has 1 saturated heterocycles. The van der Waals surface area contributed by atoms with Crippen molar-refractivity contribution in [2.75, 3.05) is 16.8 Å². The quantitative estimate of drug-likeness (QED) is 0.852. The van der Waals surface area contributed by atoms with E-state index in [1.54, 1.807) is 10.9 Å². The van der Waals surface area contributed by atoms with Crippen LogP contribution in [0.15, 0.2) is 12.4 Å². The molecule has 22 heavy (non-hydrogen) atoms. The Kier molecular flexibility index (Phi) is 3.86. The van der Waals surface area contributed by atoms with E-state index in [0.717, 1.165) is 17.3 Å². The van der Waals surface area contributed by atoms with Gasteiger partial charge >= 0.3 is 0 Å². The molecule has 0 aliphatic carbocycles. The summed E-state index contributed by atoms with van der Waals surface area (Å²) in [5.41, 5.74) is 1.89. The van der Waals surface area contributed by atoms with Crippen LogP contribution in [0.25, 0.3) is 11.0 Å². The second-order valence-electron chi connectivity index (χ2n) is 5.47. The maximum atomic E-state index is 11.5. The summed E-state index contributed by atoms with van der Waals surface area (Å²) in [5.74, 6) is 0.368. The number of carbonyl (C=O) groups excluding carboxylic acids is 1. The number of aromatic nitrogens is 3. The number of sulfone groups is 1. The number of nitrogens with one attached hydrogen (secondary N) is 1. The zero-order valence-electron chi connectivity index (χ0n) is 12.3. The van der Waals surface area contributed by atoms with Crippen molar-refractivity contribution in [2.45, 2.75) is 32.4 Å². The number of pyridine rings is 1. The number of anilines is 1. The molecule has 0 radical (unpaired) electrons. The van der Waals surface area contributed by atoms with E-state index in [0.29, 0.717) is 30.6 Å². The molecule has 2 aromatic rings. The number of hydrogen-bond donors (Lipinski definition) is 1. The third-order valence-electron chi connectivity index (χ3n) is 4.03. The summed E-state index contributed by atoms with van der Waals surface area (Å²) in [5, 5.41) is 8.39. The highest BCUT2D eigenvalue weighted by Crippen LogP contribution is 2.27. The lowest BCUT2D eigenvalue weighted by Gasteiger charge is -2.25. The SMILES string of the molecule is CCn1ncc2c(NC3CCS(=O)(=O)CC3)c(C=O)cnc21. The van der Waals surface area contributed by atoms with Crippen molar-refractivity contribution < 1.29 is 13.2 Å². The Labute approximate surface area is 128 Å². The molecule has 118 valence electrons. The highest BCUT2D eigenvalue weighted by molar-refractivity contribution is 7.91. The molecule has 0 bridgehead atoms. The molecule has 0 saturated carbocycles. The fraction of sp³-hybridized carbons (Fsp3) is 0.500. The van der Waals surface area contributed by atoms with Gasteiger partial charge in [0, 0.05) is 18.8 Å². The van der Waals surface area contributed by atoms with Crippen molar-refractivity contribution >= 4 is 32.8 Å². The van der Waals surface area contributed by atoms with Gasteiger partial charge in [-0.2, -0.15) is 5.10 Å². The molecule has 0 spiro atoms. The fourth-order valence-corrected chi connectivity index (χ4v) is 4.25. The molecule has 3 rings (SSSR count). The van der Waals surface area contributed by atoms with Gasteiger partial charge in [0.15, 0.2) is 11.9 Å². The third kappa shape index (κ3) is 2.70. The lowest BCUT2D eigenvalue weighted by Crippen LogP contribution is -2.32. The standard InChI is InChI=1S/C14H18N4O3S/c1-2-18-14-12(8-16-18)13(10(9-19)7-15-14)17-11-3-5-22(20,21)6-4-11/h7-9,11H,2-6H2,1H3,(H,15,17). The fourth-order valence-electron chi connectivity index (χ4n) is 2.76. The van der Waals surface area contributed by atoms with Gasteiger partial charge in [-0.15, -0.1) is 0 Å². The first-order valence-corrected chi connectivity index (χ1v) is 9.13. The Morgan fingerprint density at radius 1 is 1.36 bits per heavy atom. The molecule has 8 heteroatoms. The summed E-state index contributed by atoms with van der Waals surface area (Å²) in [6.07, 6.45) is 5.09. The summed E-state index contributed by atoms with van der Waals surface area (Å²) >= 11 is 0. The van der Waals surface area contributed by atoms with Crippen molar-refractivity contribution in [3.63, 3.8) is 0 Å². The number of nitrogens with zero attached hydrogens (tertiary/aromatic N) is 3. The molecular formula is C14H18N4O3S. The van der Waals surface area contributed by atoms with E-state index in [2.05, 4.69) is 15.4 Å². The van der Waals surface area contributed by atoms with E-state index >= 15 is 0 Å². The predicted octanol–water partition coefficient (Wildman–Crippen LogP) is 1.25. The predicted molar refractivity (Wildman–Crippen MR) is 83.9 cm³/mol. The first-order valence-electron chi connectivity index (χ1n) is 7.30. The Balaban J connectivity index is 1.95. The topological polar surface area (TPSA) is 94.0 Å². The largest absolute Gasteiger partial charge is 0.381 e. The van der Waals surface area contributed by atoms with Crippen LogP contribution in [0.1, 0.15) is 30.1 Å². The summed E-state index contributed by atoms with van der Waals surface area (Å²) in [7, 11) is -2.90. The minimum Gasteiger partial charge on any atom is -0.381 e. The number of rotatable bonds is 4. The summed E-state index contributed by atoms with van der Waals surface area (Å²) in [6, 6.07) is 0.0396. The molecule has 3 heterocycles. The zero-order chi connectivity index (χ0) is 15.7. The second kappa shape index (κ2) is 5.68. The van der Waals surface area contributed by atoms with Crippen LogP contribution >= 0.6 is 0 Å². The number of aryl methyl sites for hydroxylation is 1. The Morgan fingerprint density at radius 2 is 2.09 bits per heavy atom. The second-order valence-corrected chi connectivity index (χ2v) is 7.78. The lowest BCUT2D eigenvalue weighted by atomic mass is 10.1. The van der Waals surface area contributed by atoms with Crippen molar-refractivity contribution in [1.29, 1.82) is 0 Å². The number of aldehydes is 1. The Bertz CT molecular complexity index is 799. The van der Waals surface area contributed by atoms with Crippen LogP contribution in [0.5, 0.6) is 0 Å². The van der Waals surface area contributed by atoms with Crippen molar-refractivity contribution in [3.05, 3.63) is 18.0 Å². The number of carbonyl (C=O) groups is 1. The number of fused-ring (bicyclic) bond motifs is 1. The van der Waals surface area contributed by atoms with E-state index in [-0.39, 0.29) is 17.5 Å². The van der Waals surface area contributed by atoms with Crippen molar-refractivity contribution in [1.82, 2.24) is 14.8 Å². The van der Waals surface area contributed by atoms with Crippen LogP contribution in [0.2, 0.25) is 0 Å². The van der Waals surface area contributed by atoms with Gasteiger partial charge in [0.05, 0.1) is 34.3 Å². The first kappa shape index (κ1) is 15.0. The third-order valence-corrected chi connectivity index (χ3v) is 5.74. The Morgan fingerprint density at radius 3 is 2.73 bits per heavy atom. The molecule has 1 N–H and O–H groups in total. The minimum absolute atomic E-state index is 0.0396. The maximum Gasteiger partial charge on any atom is 0.159 e. The molecule has 1 fully saturated rings. The van der Waals surface area contributed by atoms with Gasteiger partial charge in [-0.3, -0.25) is 4.79 Å². The summed E-state index contributed by atoms with van der Waals surface area (Å²) < 4.78 is 24.8. The lowest BCUT2D eigenvalue weighted by molar-refractivity contribution is 0.112. The molecule has 0 aromatic carbocycles. The molecule has 1 aliphatic heterocycles. The molecule has 2 aromatic heterocycles. The van der Waals surface area contributed by atoms with Crippen molar-refractivity contribution in [3.8, 4) is 0 Å². The van der Waals surface area contributed by atoms with Gasteiger partial charge in [-0.1, -0.05) is 0 Å². The van der Waals surface area contributed by atoms with Crippen LogP contribution < -0.4 is 5.32 Å². The highest BCUT2D eigenvalue weighted by Gasteiger charge is 2.25. The Hall–Kier alpha value is -1.96. The smallest absolute Gasteiger partial charge is 0.159 e. The van der Waals surface area contributed by atoms with E-state index < -0.39 is 9.84 Å². The monoisotopic (exact) mass is 322 g/mol. The van der Waals surface area contributed by atoms with Gasteiger partial charge in [0.2, 0.25) is 0 Å². The number of hydrogen-bond acceptors (Lipinski definition) is 6. The average Bonchev–Trinajstić information content (AvgIpc) is 2.93. The highest BCUT2D eigenvalue weighted by atomic mass is 32.2. The minimum atomic E-state index is -2.90. The first-order chi connectivity index (χ1) is 10.5. The van der Waals surface area contributed by atoms with Crippen LogP contribution in [-0.2, 0) is 16.4 Å². The van der Waals surface area contributed by atoms with E-state index in [4.69, 9.17) is 0 Å². The average molecular weight is 322 g/mol.